The van der Waals surface area contributed by atoms with E-state index in [1.807, 2.05) is 24.3 Å². The maximum Gasteiger partial charge on any atom is 0.247 e. The zero-order valence-electron chi connectivity index (χ0n) is 15.6. The predicted octanol–water partition coefficient (Wildman–Crippen LogP) is 3.12. The molecular weight excluding hydrogens is 360 g/mol. The molecule has 2 aromatic rings. The van der Waals surface area contributed by atoms with Crippen molar-refractivity contribution in [3.05, 3.63) is 71.6 Å². The van der Waals surface area contributed by atoms with Gasteiger partial charge in [-0.3, -0.25) is 3.97 Å². The quantitative estimate of drug-likeness (QED) is 0.880. The number of hydrogen-bond acceptors (Lipinski definition) is 4. The van der Waals surface area contributed by atoms with Crippen molar-refractivity contribution in [2.75, 3.05) is 13.7 Å². The number of benzene rings is 1. The highest BCUT2D eigenvalue weighted by molar-refractivity contribution is 7.91. The lowest BCUT2D eigenvalue weighted by atomic mass is 9.89. The van der Waals surface area contributed by atoms with E-state index in [0.29, 0.717) is 6.42 Å². The minimum absolute atomic E-state index is 0.445. The molecule has 27 heavy (non-hydrogen) atoms. The molecule has 5 nitrogen and oxygen atoms in total. The molecule has 1 N–H and O–H groups in total. The van der Waals surface area contributed by atoms with Crippen LogP contribution >= 0.6 is 0 Å². The Morgan fingerprint density at radius 1 is 1.22 bits per heavy atom. The van der Waals surface area contributed by atoms with Crippen molar-refractivity contribution in [2.24, 2.45) is 0 Å². The minimum Gasteiger partial charge on any atom is -0.496 e. The lowest BCUT2D eigenvalue weighted by Gasteiger charge is -2.29. The Morgan fingerprint density at radius 3 is 2.74 bits per heavy atom. The molecule has 1 aromatic heterocycles. The summed E-state index contributed by atoms with van der Waals surface area (Å²) in [6, 6.07) is 7.62. The van der Waals surface area contributed by atoms with Gasteiger partial charge >= 0.3 is 0 Å². The molecule has 6 heteroatoms. The third-order valence-electron chi connectivity index (χ3n) is 5.45. The first-order valence-electron chi connectivity index (χ1n) is 9.13. The molecule has 0 saturated carbocycles. The van der Waals surface area contributed by atoms with Crippen molar-refractivity contribution in [1.29, 1.82) is 0 Å². The van der Waals surface area contributed by atoms with Crippen molar-refractivity contribution >= 4 is 15.6 Å². The summed E-state index contributed by atoms with van der Waals surface area (Å²) in [6.45, 7) is 3.52. The molecule has 142 valence electrons. The van der Waals surface area contributed by atoms with Crippen molar-refractivity contribution in [3.63, 3.8) is 0 Å². The average molecular weight is 385 g/mol. The Bertz CT molecular complexity index is 1000. The second-order valence-corrected chi connectivity index (χ2v) is 9.58. The van der Waals surface area contributed by atoms with Crippen LogP contribution in [-0.4, -0.2) is 30.8 Å². The zero-order valence-corrected chi connectivity index (χ0v) is 16.4. The lowest BCUT2D eigenvalue weighted by molar-refractivity contribution is 0.405. The highest BCUT2D eigenvalue weighted by Gasteiger charge is 2.39. The summed E-state index contributed by atoms with van der Waals surface area (Å²) in [5.41, 5.74) is 4.35. The molecule has 2 aliphatic rings. The molecule has 0 amide bonds. The fraction of sp³-hybridized carbons (Fsp3) is 0.333. The SMILES string of the molecule is COc1cc(C2=CC(C)(S(=O)(=O)n3cccc3)CC=C2)cc2c1CCNC2. The predicted molar refractivity (Wildman–Crippen MR) is 107 cm³/mol. The smallest absolute Gasteiger partial charge is 0.247 e. The molecule has 1 aliphatic heterocycles. The molecule has 0 fully saturated rings. The van der Waals surface area contributed by atoms with Crippen molar-refractivity contribution < 1.29 is 13.2 Å². The van der Waals surface area contributed by atoms with Gasteiger partial charge in [-0.2, -0.15) is 0 Å². The number of nitrogens with one attached hydrogen (secondary N) is 1. The summed E-state index contributed by atoms with van der Waals surface area (Å²) in [7, 11) is -1.86. The summed E-state index contributed by atoms with van der Waals surface area (Å²) in [6.07, 6.45) is 10.4. The van der Waals surface area contributed by atoms with Gasteiger partial charge in [0.15, 0.2) is 0 Å². The fourth-order valence-corrected chi connectivity index (χ4v) is 5.39. The summed E-state index contributed by atoms with van der Waals surface area (Å²) < 4.78 is 32.2. The second kappa shape index (κ2) is 6.69. The van der Waals surface area contributed by atoms with Gasteiger partial charge in [0.2, 0.25) is 10.0 Å². The van der Waals surface area contributed by atoms with Crippen LogP contribution in [0.3, 0.4) is 0 Å². The van der Waals surface area contributed by atoms with Crippen LogP contribution in [0.1, 0.15) is 30.0 Å². The number of methoxy groups -OCH3 is 1. The summed E-state index contributed by atoms with van der Waals surface area (Å²) >= 11 is 0. The van der Waals surface area contributed by atoms with Crippen LogP contribution in [0, 0.1) is 0 Å². The number of rotatable bonds is 4. The van der Waals surface area contributed by atoms with Gasteiger partial charge in [0.05, 0.1) is 7.11 Å². The molecule has 1 unspecified atom stereocenters. The monoisotopic (exact) mass is 384 g/mol. The number of hydrogen-bond donors (Lipinski definition) is 1. The van der Waals surface area contributed by atoms with Gasteiger partial charge in [-0.25, -0.2) is 8.42 Å². The van der Waals surface area contributed by atoms with Crippen molar-refractivity contribution in [1.82, 2.24) is 9.29 Å². The summed E-state index contributed by atoms with van der Waals surface area (Å²) in [5.74, 6) is 0.874. The number of nitrogens with zero attached hydrogens (tertiary/aromatic N) is 1. The molecule has 1 aliphatic carbocycles. The Hall–Kier alpha value is -2.31. The van der Waals surface area contributed by atoms with E-state index >= 15 is 0 Å². The Kier molecular flexibility index (Phi) is 4.48. The third kappa shape index (κ3) is 3.03. The topological polar surface area (TPSA) is 60.3 Å². The standard InChI is InChI=1S/C21H24N2O3S/c1-21(27(24,25)23-10-3-4-11-23)8-5-6-16(14-21)17-12-18-15-22-9-7-19(18)20(13-17)26-2/h3-6,10-14,22H,7-9,15H2,1-2H3. The number of allylic oxidation sites excluding steroid dienone is 3. The molecule has 0 radical (unpaired) electrons. The third-order valence-corrected chi connectivity index (χ3v) is 7.71. The second-order valence-electron chi connectivity index (χ2n) is 7.28. The molecule has 4 rings (SSSR count). The Morgan fingerprint density at radius 2 is 2.00 bits per heavy atom. The Labute approximate surface area is 160 Å². The van der Waals surface area contributed by atoms with Gasteiger partial charge < -0.3 is 10.1 Å². The van der Waals surface area contributed by atoms with Crippen LogP contribution in [-0.2, 0) is 23.0 Å². The summed E-state index contributed by atoms with van der Waals surface area (Å²) in [5, 5.41) is 3.39. The van der Waals surface area contributed by atoms with E-state index in [1.165, 1.54) is 15.1 Å². The van der Waals surface area contributed by atoms with Gasteiger partial charge in [0, 0.05) is 18.9 Å². The number of fused-ring (bicyclic) bond motifs is 1. The number of ether oxygens (including phenoxy) is 1. The zero-order chi connectivity index (χ0) is 19.1. The van der Waals surface area contributed by atoms with Crippen LogP contribution in [0.15, 0.2) is 54.9 Å². The molecule has 0 spiro atoms. The molecule has 0 saturated heterocycles. The first-order chi connectivity index (χ1) is 12.9. The first kappa shape index (κ1) is 18.1. The lowest BCUT2D eigenvalue weighted by Crippen LogP contribution is -2.38. The van der Waals surface area contributed by atoms with Gasteiger partial charge in [0.1, 0.15) is 10.5 Å². The van der Waals surface area contributed by atoms with E-state index in [0.717, 1.165) is 36.4 Å². The van der Waals surface area contributed by atoms with Gasteiger partial charge in [-0.15, -0.1) is 0 Å². The molecule has 2 heterocycles. The van der Waals surface area contributed by atoms with Crippen LogP contribution < -0.4 is 10.1 Å². The van der Waals surface area contributed by atoms with E-state index in [2.05, 4.69) is 11.4 Å². The fourth-order valence-electron chi connectivity index (χ4n) is 3.86. The van der Waals surface area contributed by atoms with Gasteiger partial charge in [0.25, 0.3) is 0 Å². The van der Waals surface area contributed by atoms with E-state index < -0.39 is 14.8 Å². The van der Waals surface area contributed by atoms with Crippen LogP contribution in [0.2, 0.25) is 0 Å². The van der Waals surface area contributed by atoms with E-state index in [1.54, 1.807) is 38.6 Å². The van der Waals surface area contributed by atoms with E-state index in [-0.39, 0.29) is 0 Å². The van der Waals surface area contributed by atoms with Crippen LogP contribution in [0.4, 0.5) is 0 Å². The highest BCUT2D eigenvalue weighted by Crippen LogP contribution is 2.37. The Balaban J connectivity index is 1.79. The largest absolute Gasteiger partial charge is 0.496 e. The minimum atomic E-state index is -3.55. The van der Waals surface area contributed by atoms with E-state index in [4.69, 9.17) is 4.74 Å². The van der Waals surface area contributed by atoms with Crippen LogP contribution in [0.25, 0.3) is 5.57 Å². The maximum absolute atomic E-state index is 13.2. The molecular formula is C21H24N2O3S. The van der Waals surface area contributed by atoms with Crippen LogP contribution in [0.5, 0.6) is 5.75 Å². The highest BCUT2D eigenvalue weighted by atomic mass is 32.2. The summed E-state index contributed by atoms with van der Waals surface area (Å²) in [4.78, 5) is 0. The van der Waals surface area contributed by atoms with Crippen molar-refractivity contribution in [3.8, 4) is 5.75 Å². The van der Waals surface area contributed by atoms with Crippen molar-refractivity contribution in [2.45, 2.75) is 31.1 Å². The molecule has 1 aromatic carbocycles. The normalized spacial score (nSPS) is 22.2. The maximum atomic E-state index is 13.2. The van der Waals surface area contributed by atoms with Gasteiger partial charge in [-0.05, 0) is 72.8 Å². The first-order valence-corrected chi connectivity index (χ1v) is 10.6. The molecule has 1 atom stereocenters. The number of aromatic nitrogens is 1. The van der Waals surface area contributed by atoms with E-state index in [9.17, 15) is 8.42 Å². The molecule has 0 bridgehead atoms. The van der Waals surface area contributed by atoms with Gasteiger partial charge in [-0.1, -0.05) is 18.2 Å². The average Bonchev–Trinajstić information content (AvgIpc) is 3.22.